The van der Waals surface area contributed by atoms with Gasteiger partial charge < -0.3 is 26.4 Å². The number of hydrogen-bond donors (Lipinski definition) is 5. The molecule has 8 nitrogen and oxygen atoms in total. The fraction of sp³-hybridized carbons (Fsp3) is 0.174. The Kier molecular flexibility index (Phi) is 7.14. The third-order valence-electron chi connectivity index (χ3n) is 4.96. The lowest BCUT2D eigenvalue weighted by Gasteiger charge is -2.13. The van der Waals surface area contributed by atoms with Gasteiger partial charge in [-0.15, -0.1) is 0 Å². The molecule has 168 valence electrons. The highest BCUT2D eigenvalue weighted by Gasteiger charge is 2.20. The molecular formula is C23H24N2O6S. The zero-order valence-corrected chi connectivity index (χ0v) is 17.9. The zero-order chi connectivity index (χ0) is 23.3. The molecule has 0 saturated heterocycles. The van der Waals surface area contributed by atoms with E-state index in [1.54, 1.807) is 24.3 Å². The molecule has 1 amide bonds. The second-order valence-corrected chi connectivity index (χ2v) is 9.21. The minimum atomic E-state index is -3.89. The Labute approximate surface area is 185 Å². The van der Waals surface area contributed by atoms with Crippen LogP contribution in [-0.2, 0) is 16.3 Å². The Morgan fingerprint density at radius 2 is 1.66 bits per heavy atom. The lowest BCUT2D eigenvalue weighted by atomic mass is 10.1. The Balaban J connectivity index is 1.60. The first-order valence-corrected chi connectivity index (χ1v) is 11.3. The number of aliphatic hydroxyl groups is 1. The van der Waals surface area contributed by atoms with Crippen LogP contribution < -0.4 is 11.1 Å². The maximum absolute atomic E-state index is 12.8. The van der Waals surface area contributed by atoms with E-state index in [0.717, 1.165) is 17.7 Å². The summed E-state index contributed by atoms with van der Waals surface area (Å²) in [4.78, 5) is 11.3. The van der Waals surface area contributed by atoms with Gasteiger partial charge in [0.15, 0.2) is 0 Å². The summed E-state index contributed by atoms with van der Waals surface area (Å²) in [5.41, 5.74) is 6.42. The van der Waals surface area contributed by atoms with Gasteiger partial charge in [0.2, 0.25) is 9.84 Å². The van der Waals surface area contributed by atoms with E-state index >= 15 is 0 Å². The predicted octanol–water partition coefficient (Wildman–Crippen LogP) is 1.90. The molecule has 0 radical (unpaired) electrons. The summed E-state index contributed by atoms with van der Waals surface area (Å²) in [7, 11) is -3.89. The van der Waals surface area contributed by atoms with E-state index in [0.29, 0.717) is 25.1 Å². The molecule has 0 saturated carbocycles. The summed E-state index contributed by atoms with van der Waals surface area (Å²) in [6, 6.07) is 16.2. The number of aliphatic hydroxyl groups excluding tert-OH is 1. The van der Waals surface area contributed by atoms with Crippen LogP contribution in [0.4, 0.5) is 0 Å². The van der Waals surface area contributed by atoms with Crippen LogP contribution in [-0.4, -0.2) is 42.7 Å². The molecule has 9 heteroatoms. The number of aromatic hydroxyl groups is 2. The standard InChI is InChI=1S/C23H24N2O6S/c24-23(29)20-13-19(8-9-21(20)27)32(30,31)18-6-4-15(5-7-18)10-11-25-14-22(28)16-2-1-3-17(26)12-16/h1-9,12-13,22,25-28H,10-11,14H2,(H2,24,29)/t22-/m1/s1. The average Bonchev–Trinajstić information content (AvgIpc) is 2.77. The summed E-state index contributed by atoms with van der Waals surface area (Å²) in [6.07, 6.45) is -0.150. The van der Waals surface area contributed by atoms with Gasteiger partial charge in [0.1, 0.15) is 11.5 Å². The van der Waals surface area contributed by atoms with Crippen LogP contribution in [0.3, 0.4) is 0 Å². The van der Waals surface area contributed by atoms with Crippen molar-refractivity contribution in [2.45, 2.75) is 22.3 Å². The van der Waals surface area contributed by atoms with Gasteiger partial charge in [-0.2, -0.15) is 0 Å². The first-order chi connectivity index (χ1) is 15.2. The zero-order valence-electron chi connectivity index (χ0n) is 17.1. The molecule has 0 fully saturated rings. The molecule has 0 bridgehead atoms. The maximum atomic E-state index is 12.8. The number of sulfone groups is 1. The van der Waals surface area contributed by atoms with E-state index in [1.807, 2.05) is 0 Å². The lowest BCUT2D eigenvalue weighted by molar-refractivity contribution is 0.0997. The van der Waals surface area contributed by atoms with Crippen LogP contribution in [0.25, 0.3) is 0 Å². The number of phenolic OH excluding ortho intramolecular Hbond substituents is 1. The molecule has 1 atom stereocenters. The van der Waals surface area contributed by atoms with Gasteiger partial charge in [-0.05, 0) is 66.6 Å². The highest BCUT2D eigenvalue weighted by Crippen LogP contribution is 2.26. The quantitative estimate of drug-likeness (QED) is 0.309. The third kappa shape index (κ3) is 5.44. The molecule has 3 aromatic rings. The van der Waals surface area contributed by atoms with Crippen molar-refractivity contribution < 1.29 is 28.5 Å². The minimum Gasteiger partial charge on any atom is -0.508 e. The SMILES string of the molecule is NC(=O)c1cc(S(=O)(=O)c2ccc(CCNC[C@@H](O)c3cccc(O)c3)cc2)ccc1O. The molecule has 0 spiro atoms. The molecule has 3 aromatic carbocycles. The number of phenols is 2. The normalized spacial score (nSPS) is 12.4. The molecule has 0 aromatic heterocycles. The highest BCUT2D eigenvalue weighted by atomic mass is 32.2. The van der Waals surface area contributed by atoms with Crippen molar-refractivity contribution in [1.29, 1.82) is 0 Å². The Hall–Kier alpha value is -3.40. The van der Waals surface area contributed by atoms with Crippen LogP contribution in [0.1, 0.15) is 27.6 Å². The Morgan fingerprint density at radius 1 is 0.969 bits per heavy atom. The number of carbonyl (C=O) groups excluding carboxylic acids is 1. The largest absolute Gasteiger partial charge is 0.508 e. The molecule has 0 heterocycles. The summed E-state index contributed by atoms with van der Waals surface area (Å²) < 4.78 is 25.7. The molecular weight excluding hydrogens is 432 g/mol. The molecule has 0 aliphatic carbocycles. The number of carbonyl (C=O) groups is 1. The van der Waals surface area contributed by atoms with Gasteiger partial charge in [-0.3, -0.25) is 4.79 Å². The summed E-state index contributed by atoms with van der Waals surface area (Å²) in [5, 5.41) is 32.4. The van der Waals surface area contributed by atoms with Gasteiger partial charge in [0.05, 0.1) is 21.5 Å². The molecule has 0 unspecified atom stereocenters. The van der Waals surface area contributed by atoms with Crippen LogP contribution in [0.2, 0.25) is 0 Å². The van der Waals surface area contributed by atoms with E-state index in [9.17, 15) is 28.5 Å². The molecule has 6 N–H and O–H groups in total. The van der Waals surface area contributed by atoms with Crippen molar-refractivity contribution in [3.8, 4) is 11.5 Å². The van der Waals surface area contributed by atoms with Crippen LogP contribution in [0.15, 0.2) is 76.5 Å². The molecule has 32 heavy (non-hydrogen) atoms. The predicted molar refractivity (Wildman–Crippen MR) is 118 cm³/mol. The van der Waals surface area contributed by atoms with E-state index < -0.39 is 21.8 Å². The highest BCUT2D eigenvalue weighted by molar-refractivity contribution is 7.91. The van der Waals surface area contributed by atoms with E-state index in [-0.39, 0.29) is 26.9 Å². The van der Waals surface area contributed by atoms with Crippen molar-refractivity contribution in [2.24, 2.45) is 5.73 Å². The van der Waals surface area contributed by atoms with Gasteiger partial charge in [0.25, 0.3) is 5.91 Å². The average molecular weight is 457 g/mol. The smallest absolute Gasteiger partial charge is 0.252 e. The summed E-state index contributed by atoms with van der Waals surface area (Å²) in [6.45, 7) is 0.862. The van der Waals surface area contributed by atoms with E-state index in [4.69, 9.17) is 5.73 Å². The first-order valence-electron chi connectivity index (χ1n) is 9.83. The maximum Gasteiger partial charge on any atom is 0.252 e. The van der Waals surface area contributed by atoms with Gasteiger partial charge in [-0.1, -0.05) is 24.3 Å². The summed E-state index contributed by atoms with van der Waals surface area (Å²) >= 11 is 0. The number of benzene rings is 3. The van der Waals surface area contributed by atoms with Gasteiger partial charge in [0, 0.05) is 6.54 Å². The monoisotopic (exact) mass is 456 g/mol. The Bertz CT molecular complexity index is 1210. The second kappa shape index (κ2) is 9.82. The third-order valence-corrected chi connectivity index (χ3v) is 6.73. The van der Waals surface area contributed by atoms with Crippen molar-refractivity contribution in [3.05, 3.63) is 83.4 Å². The number of rotatable bonds is 9. The molecule has 3 rings (SSSR count). The number of nitrogens with two attached hydrogens (primary N) is 1. The molecule has 0 aliphatic rings. The van der Waals surface area contributed by atoms with Crippen molar-refractivity contribution in [3.63, 3.8) is 0 Å². The van der Waals surface area contributed by atoms with Crippen LogP contribution in [0, 0.1) is 0 Å². The van der Waals surface area contributed by atoms with Crippen molar-refractivity contribution >= 4 is 15.7 Å². The van der Waals surface area contributed by atoms with Crippen molar-refractivity contribution in [2.75, 3.05) is 13.1 Å². The minimum absolute atomic E-state index is 0.0506. The van der Waals surface area contributed by atoms with Crippen molar-refractivity contribution in [1.82, 2.24) is 5.32 Å². The number of amides is 1. The van der Waals surface area contributed by atoms with Gasteiger partial charge >= 0.3 is 0 Å². The number of primary amides is 1. The van der Waals surface area contributed by atoms with E-state index in [2.05, 4.69) is 5.32 Å². The van der Waals surface area contributed by atoms with Crippen LogP contribution >= 0.6 is 0 Å². The second-order valence-electron chi connectivity index (χ2n) is 7.26. The fourth-order valence-corrected chi connectivity index (χ4v) is 4.46. The van der Waals surface area contributed by atoms with E-state index in [1.165, 1.54) is 30.3 Å². The first kappa shape index (κ1) is 23.3. The molecule has 0 aliphatic heterocycles. The number of nitrogens with one attached hydrogen (secondary N) is 1. The van der Waals surface area contributed by atoms with Crippen LogP contribution in [0.5, 0.6) is 11.5 Å². The van der Waals surface area contributed by atoms with Gasteiger partial charge in [-0.25, -0.2) is 8.42 Å². The lowest BCUT2D eigenvalue weighted by Crippen LogP contribution is -2.23. The topological polar surface area (TPSA) is 150 Å². The summed E-state index contributed by atoms with van der Waals surface area (Å²) in [5.74, 6) is -1.21. The fourth-order valence-electron chi connectivity index (χ4n) is 3.17. The number of hydrogen-bond acceptors (Lipinski definition) is 7. The Morgan fingerprint density at radius 3 is 2.31 bits per heavy atom.